The molecule has 0 amide bonds. The molecule has 1 saturated carbocycles. The van der Waals surface area contributed by atoms with Gasteiger partial charge in [0, 0.05) is 24.0 Å². The predicted octanol–water partition coefficient (Wildman–Crippen LogP) is 4.06. The summed E-state index contributed by atoms with van der Waals surface area (Å²) in [5, 5.41) is 0. The van der Waals surface area contributed by atoms with Gasteiger partial charge in [0.15, 0.2) is 0 Å². The van der Waals surface area contributed by atoms with Gasteiger partial charge in [-0.3, -0.25) is 0 Å². The highest BCUT2D eigenvalue weighted by Gasteiger charge is 2.18. The van der Waals surface area contributed by atoms with Crippen LogP contribution >= 0.6 is 0 Å². The van der Waals surface area contributed by atoms with Crippen molar-refractivity contribution in [2.45, 2.75) is 38.1 Å². The minimum Gasteiger partial charge on any atom is -0.497 e. The highest BCUT2D eigenvalue weighted by Crippen LogP contribution is 2.32. The fourth-order valence-corrected chi connectivity index (χ4v) is 2.95. The van der Waals surface area contributed by atoms with E-state index in [1.807, 2.05) is 18.3 Å². The first-order valence-electron chi connectivity index (χ1n) is 7.06. The van der Waals surface area contributed by atoms with E-state index in [0.29, 0.717) is 6.04 Å². The van der Waals surface area contributed by atoms with E-state index >= 15 is 0 Å². The number of benzene rings is 1. The van der Waals surface area contributed by atoms with Crippen molar-refractivity contribution in [1.82, 2.24) is 9.55 Å². The third-order valence-corrected chi connectivity index (χ3v) is 3.96. The van der Waals surface area contributed by atoms with Crippen LogP contribution in [0.25, 0.3) is 11.4 Å². The average Bonchev–Trinajstić information content (AvgIpc) is 2.98. The molecule has 1 fully saturated rings. The van der Waals surface area contributed by atoms with Crippen LogP contribution in [0.3, 0.4) is 0 Å². The molecule has 1 aromatic heterocycles. The lowest BCUT2D eigenvalue weighted by molar-refractivity contribution is 0.355. The van der Waals surface area contributed by atoms with Crippen LogP contribution in [0, 0.1) is 0 Å². The van der Waals surface area contributed by atoms with E-state index in [-0.39, 0.29) is 0 Å². The lowest BCUT2D eigenvalue weighted by Crippen LogP contribution is -2.13. The third-order valence-electron chi connectivity index (χ3n) is 3.96. The first kappa shape index (κ1) is 12.3. The van der Waals surface area contributed by atoms with Crippen LogP contribution in [-0.4, -0.2) is 16.7 Å². The fraction of sp³-hybridized carbons (Fsp3) is 0.438. The van der Waals surface area contributed by atoms with Crippen molar-refractivity contribution in [3.63, 3.8) is 0 Å². The summed E-state index contributed by atoms with van der Waals surface area (Å²) in [5.41, 5.74) is 1.13. The van der Waals surface area contributed by atoms with Crippen LogP contribution in [0.4, 0.5) is 0 Å². The second-order valence-corrected chi connectivity index (χ2v) is 5.18. The fourth-order valence-electron chi connectivity index (χ4n) is 2.95. The largest absolute Gasteiger partial charge is 0.497 e. The summed E-state index contributed by atoms with van der Waals surface area (Å²) < 4.78 is 7.64. The summed E-state index contributed by atoms with van der Waals surface area (Å²) in [6.07, 6.45) is 10.6. The van der Waals surface area contributed by atoms with Crippen LogP contribution in [0.2, 0.25) is 0 Å². The first-order chi connectivity index (χ1) is 9.38. The highest BCUT2D eigenvalue weighted by molar-refractivity contribution is 5.58. The quantitative estimate of drug-likeness (QED) is 0.828. The van der Waals surface area contributed by atoms with Crippen LogP contribution < -0.4 is 4.74 Å². The Morgan fingerprint density at radius 3 is 2.84 bits per heavy atom. The summed E-state index contributed by atoms with van der Waals surface area (Å²) >= 11 is 0. The number of methoxy groups -OCH3 is 1. The first-order valence-corrected chi connectivity index (χ1v) is 7.06. The van der Waals surface area contributed by atoms with Crippen molar-refractivity contribution in [2.75, 3.05) is 7.11 Å². The number of imidazole rings is 1. The molecule has 0 bridgehead atoms. The van der Waals surface area contributed by atoms with E-state index < -0.39 is 0 Å². The smallest absolute Gasteiger partial charge is 0.140 e. The van der Waals surface area contributed by atoms with Gasteiger partial charge in [-0.1, -0.05) is 31.4 Å². The Morgan fingerprint density at radius 1 is 1.21 bits per heavy atom. The van der Waals surface area contributed by atoms with E-state index in [0.717, 1.165) is 17.1 Å². The molecule has 0 radical (unpaired) electrons. The molecule has 0 spiro atoms. The van der Waals surface area contributed by atoms with Gasteiger partial charge in [-0.2, -0.15) is 0 Å². The molecule has 3 heteroatoms. The molecule has 2 aromatic rings. The number of nitrogens with zero attached hydrogens (tertiary/aromatic N) is 2. The molecule has 0 saturated heterocycles. The Balaban J connectivity index is 1.94. The average molecular weight is 256 g/mol. The van der Waals surface area contributed by atoms with Gasteiger partial charge in [-0.15, -0.1) is 0 Å². The maximum Gasteiger partial charge on any atom is 0.140 e. The normalized spacial score (nSPS) is 16.5. The summed E-state index contributed by atoms with van der Waals surface area (Å²) in [5.74, 6) is 1.95. The molecule has 19 heavy (non-hydrogen) atoms. The van der Waals surface area contributed by atoms with Crippen LogP contribution in [0.15, 0.2) is 36.7 Å². The van der Waals surface area contributed by atoms with Gasteiger partial charge < -0.3 is 9.30 Å². The number of aromatic nitrogens is 2. The van der Waals surface area contributed by atoms with Gasteiger partial charge in [-0.05, 0) is 25.0 Å². The second-order valence-electron chi connectivity index (χ2n) is 5.18. The van der Waals surface area contributed by atoms with E-state index in [1.165, 1.54) is 32.1 Å². The molecular formula is C16H20N2O. The lowest BCUT2D eigenvalue weighted by atomic mass is 9.95. The monoisotopic (exact) mass is 256 g/mol. The minimum atomic E-state index is 0.609. The van der Waals surface area contributed by atoms with E-state index in [4.69, 9.17) is 4.74 Å². The van der Waals surface area contributed by atoms with Gasteiger partial charge in [-0.25, -0.2) is 4.98 Å². The molecule has 100 valence electrons. The summed E-state index contributed by atoms with van der Waals surface area (Å²) in [6.45, 7) is 0. The number of hydrogen-bond acceptors (Lipinski definition) is 2. The zero-order chi connectivity index (χ0) is 13.1. The minimum absolute atomic E-state index is 0.609. The van der Waals surface area contributed by atoms with Crippen molar-refractivity contribution >= 4 is 0 Å². The zero-order valence-corrected chi connectivity index (χ0v) is 11.4. The van der Waals surface area contributed by atoms with Crippen molar-refractivity contribution < 1.29 is 4.74 Å². The molecule has 1 aliphatic carbocycles. The lowest BCUT2D eigenvalue weighted by Gasteiger charge is -2.24. The molecular weight excluding hydrogens is 236 g/mol. The Kier molecular flexibility index (Phi) is 3.53. The van der Waals surface area contributed by atoms with E-state index in [1.54, 1.807) is 7.11 Å². The van der Waals surface area contributed by atoms with Crippen molar-refractivity contribution in [3.8, 4) is 17.1 Å². The maximum absolute atomic E-state index is 5.30. The van der Waals surface area contributed by atoms with Gasteiger partial charge in [0.1, 0.15) is 11.6 Å². The van der Waals surface area contributed by atoms with Crippen LogP contribution in [-0.2, 0) is 0 Å². The maximum atomic E-state index is 5.30. The van der Waals surface area contributed by atoms with Crippen molar-refractivity contribution in [1.29, 1.82) is 0 Å². The van der Waals surface area contributed by atoms with Gasteiger partial charge >= 0.3 is 0 Å². The number of ether oxygens (including phenoxy) is 1. The molecule has 1 aromatic carbocycles. The van der Waals surface area contributed by atoms with Crippen molar-refractivity contribution in [2.24, 2.45) is 0 Å². The summed E-state index contributed by atoms with van der Waals surface area (Å²) in [7, 11) is 1.70. The van der Waals surface area contributed by atoms with Crippen LogP contribution in [0.5, 0.6) is 5.75 Å². The number of rotatable bonds is 3. The standard InChI is InChI=1S/C16H20N2O/c1-19-15-9-5-6-13(12-15)16-17-10-11-18(16)14-7-3-2-4-8-14/h5-6,9-12,14H,2-4,7-8H2,1H3. The SMILES string of the molecule is COc1cccc(-c2nccn2C2CCCCC2)c1. The second kappa shape index (κ2) is 5.47. The van der Waals surface area contributed by atoms with Crippen molar-refractivity contribution in [3.05, 3.63) is 36.7 Å². The Hall–Kier alpha value is -1.77. The summed E-state index contributed by atoms with van der Waals surface area (Å²) in [6, 6.07) is 8.76. The molecule has 0 aliphatic heterocycles. The molecule has 1 heterocycles. The number of hydrogen-bond donors (Lipinski definition) is 0. The Morgan fingerprint density at radius 2 is 2.05 bits per heavy atom. The third kappa shape index (κ3) is 2.50. The molecule has 3 nitrogen and oxygen atoms in total. The van der Waals surface area contributed by atoms with Gasteiger partial charge in [0.25, 0.3) is 0 Å². The predicted molar refractivity (Wildman–Crippen MR) is 76.3 cm³/mol. The molecule has 1 aliphatic rings. The summed E-state index contributed by atoms with van der Waals surface area (Å²) in [4.78, 5) is 4.54. The van der Waals surface area contributed by atoms with E-state index in [9.17, 15) is 0 Å². The topological polar surface area (TPSA) is 27.1 Å². The molecule has 3 rings (SSSR count). The zero-order valence-electron chi connectivity index (χ0n) is 11.4. The van der Waals surface area contributed by atoms with Crippen LogP contribution in [0.1, 0.15) is 38.1 Å². The van der Waals surface area contributed by atoms with Gasteiger partial charge in [0.2, 0.25) is 0 Å². The Bertz CT molecular complexity index is 541. The molecule has 0 unspecified atom stereocenters. The Labute approximate surface area is 114 Å². The van der Waals surface area contributed by atoms with Gasteiger partial charge in [0.05, 0.1) is 7.11 Å². The highest BCUT2D eigenvalue weighted by atomic mass is 16.5. The molecule has 0 N–H and O–H groups in total. The van der Waals surface area contributed by atoms with E-state index in [2.05, 4.69) is 27.9 Å². The molecule has 0 atom stereocenters.